The first kappa shape index (κ1) is 15.3. The molecule has 1 unspecified atom stereocenters. The van der Waals surface area contributed by atoms with Crippen molar-refractivity contribution in [3.63, 3.8) is 0 Å². The number of hydrogen-bond donors (Lipinski definition) is 0. The maximum Gasteiger partial charge on any atom is 0.416 e. The molecule has 112 valence electrons. The Morgan fingerprint density at radius 1 is 1.25 bits per heavy atom. The average molecular weight is 287 g/mol. The fraction of sp³-hybridized carbons (Fsp3) is 0.600. The number of alkyl halides is 3. The predicted octanol–water partition coefficient (Wildman–Crippen LogP) is 3.88. The second kappa shape index (κ2) is 6.59. The van der Waals surface area contributed by atoms with Crippen molar-refractivity contribution in [2.75, 3.05) is 26.2 Å². The van der Waals surface area contributed by atoms with E-state index in [1.54, 1.807) is 0 Å². The Bertz CT molecular complexity index is 416. The van der Waals surface area contributed by atoms with Crippen LogP contribution in [0.1, 0.15) is 37.0 Å². The van der Waals surface area contributed by atoms with Gasteiger partial charge >= 0.3 is 6.18 Å². The van der Waals surface area contributed by atoms with Gasteiger partial charge in [-0.3, -0.25) is 4.90 Å². The summed E-state index contributed by atoms with van der Waals surface area (Å²) in [4.78, 5) is 2.31. The van der Waals surface area contributed by atoms with Crippen LogP contribution in [0.2, 0.25) is 0 Å². The number of nitrogens with zero attached hydrogens (tertiary/aromatic N) is 1. The third kappa shape index (κ3) is 3.96. The molecule has 2 rings (SSSR count). The summed E-state index contributed by atoms with van der Waals surface area (Å²) in [6.45, 7) is 5.46. The molecular weight excluding hydrogens is 267 g/mol. The normalized spacial score (nSPS) is 21.1. The number of halogens is 3. The maximum absolute atomic E-state index is 12.5. The lowest BCUT2D eigenvalue weighted by molar-refractivity contribution is -0.137. The highest BCUT2D eigenvalue weighted by molar-refractivity contribution is 5.26. The number of unbranched alkanes of at least 4 members (excludes halogenated alkanes) is 1. The third-order valence-electron chi connectivity index (χ3n) is 3.59. The lowest BCUT2D eigenvalue weighted by Gasteiger charge is -2.33. The van der Waals surface area contributed by atoms with Crippen molar-refractivity contribution < 1.29 is 17.9 Å². The summed E-state index contributed by atoms with van der Waals surface area (Å²) in [5.74, 6) is 0. The predicted molar refractivity (Wildman–Crippen MR) is 71.5 cm³/mol. The molecular formula is C15H20F3NO. The number of ether oxygens (including phenoxy) is 1. The summed E-state index contributed by atoms with van der Waals surface area (Å²) in [5, 5.41) is 0. The Labute approximate surface area is 117 Å². The Morgan fingerprint density at radius 2 is 1.95 bits per heavy atom. The molecule has 0 aliphatic carbocycles. The van der Waals surface area contributed by atoms with E-state index in [4.69, 9.17) is 4.74 Å². The van der Waals surface area contributed by atoms with E-state index in [1.807, 2.05) is 0 Å². The van der Waals surface area contributed by atoms with E-state index in [-0.39, 0.29) is 6.10 Å². The molecule has 1 fully saturated rings. The van der Waals surface area contributed by atoms with Crippen LogP contribution in [0.25, 0.3) is 0 Å². The van der Waals surface area contributed by atoms with Crippen LogP contribution in [0.4, 0.5) is 13.2 Å². The standard InChI is InChI=1S/C15H20F3NO/c1-2-3-8-19-9-10-20-14(11-19)12-4-6-13(7-5-12)15(16,17)18/h4-7,14H,2-3,8-11H2,1H3. The highest BCUT2D eigenvalue weighted by atomic mass is 19.4. The van der Waals surface area contributed by atoms with Gasteiger partial charge in [0.1, 0.15) is 0 Å². The molecule has 0 radical (unpaired) electrons. The first-order chi connectivity index (χ1) is 9.50. The van der Waals surface area contributed by atoms with E-state index < -0.39 is 11.7 Å². The maximum atomic E-state index is 12.5. The first-order valence-electron chi connectivity index (χ1n) is 7.02. The molecule has 5 heteroatoms. The van der Waals surface area contributed by atoms with E-state index in [9.17, 15) is 13.2 Å². The van der Waals surface area contributed by atoms with Gasteiger partial charge in [-0.05, 0) is 30.7 Å². The number of benzene rings is 1. The Balaban J connectivity index is 2.00. The van der Waals surface area contributed by atoms with Gasteiger partial charge in [0.2, 0.25) is 0 Å². The zero-order valence-corrected chi connectivity index (χ0v) is 11.6. The SMILES string of the molecule is CCCCN1CCOC(c2ccc(C(F)(F)F)cc2)C1. The van der Waals surface area contributed by atoms with Gasteiger partial charge in [-0.2, -0.15) is 13.2 Å². The second-order valence-corrected chi connectivity index (χ2v) is 5.13. The number of hydrogen-bond acceptors (Lipinski definition) is 2. The molecule has 1 aromatic rings. The first-order valence-corrected chi connectivity index (χ1v) is 7.02. The fourth-order valence-corrected chi connectivity index (χ4v) is 2.38. The van der Waals surface area contributed by atoms with Crippen molar-refractivity contribution in [3.05, 3.63) is 35.4 Å². The molecule has 0 spiro atoms. The van der Waals surface area contributed by atoms with Gasteiger partial charge in [-0.25, -0.2) is 0 Å². The summed E-state index contributed by atoms with van der Waals surface area (Å²) >= 11 is 0. The Hall–Kier alpha value is -1.07. The van der Waals surface area contributed by atoms with Crippen molar-refractivity contribution in [1.29, 1.82) is 0 Å². The zero-order valence-electron chi connectivity index (χ0n) is 11.6. The smallest absolute Gasteiger partial charge is 0.371 e. The zero-order chi connectivity index (χ0) is 14.6. The summed E-state index contributed by atoms with van der Waals surface area (Å²) in [6, 6.07) is 5.31. The van der Waals surface area contributed by atoms with Gasteiger partial charge in [0.25, 0.3) is 0 Å². The molecule has 1 aromatic carbocycles. The Morgan fingerprint density at radius 3 is 2.55 bits per heavy atom. The highest BCUT2D eigenvalue weighted by Crippen LogP contribution is 2.31. The summed E-state index contributed by atoms with van der Waals surface area (Å²) in [7, 11) is 0. The molecule has 0 N–H and O–H groups in total. The van der Waals surface area contributed by atoms with E-state index in [2.05, 4.69) is 11.8 Å². The molecule has 0 bridgehead atoms. The molecule has 1 saturated heterocycles. The van der Waals surface area contributed by atoms with Crippen LogP contribution in [0.5, 0.6) is 0 Å². The summed E-state index contributed by atoms with van der Waals surface area (Å²) < 4.78 is 43.2. The molecule has 0 amide bonds. The minimum atomic E-state index is -4.28. The van der Waals surface area contributed by atoms with Crippen molar-refractivity contribution in [2.24, 2.45) is 0 Å². The van der Waals surface area contributed by atoms with Crippen LogP contribution < -0.4 is 0 Å². The van der Waals surface area contributed by atoms with Crippen LogP contribution in [-0.2, 0) is 10.9 Å². The molecule has 0 aromatic heterocycles. The van der Waals surface area contributed by atoms with Crippen LogP contribution in [0, 0.1) is 0 Å². The number of morpholine rings is 1. The minimum Gasteiger partial charge on any atom is -0.371 e. The van der Waals surface area contributed by atoms with Crippen molar-refractivity contribution in [1.82, 2.24) is 4.90 Å². The van der Waals surface area contributed by atoms with Crippen molar-refractivity contribution in [3.8, 4) is 0 Å². The molecule has 1 atom stereocenters. The van der Waals surface area contributed by atoms with Gasteiger partial charge in [0.05, 0.1) is 18.3 Å². The van der Waals surface area contributed by atoms with Gasteiger partial charge in [0, 0.05) is 13.1 Å². The minimum absolute atomic E-state index is 0.122. The monoisotopic (exact) mass is 287 g/mol. The van der Waals surface area contributed by atoms with Gasteiger partial charge in [0.15, 0.2) is 0 Å². The van der Waals surface area contributed by atoms with Gasteiger partial charge in [-0.15, -0.1) is 0 Å². The van der Waals surface area contributed by atoms with Crippen LogP contribution in [0.15, 0.2) is 24.3 Å². The van der Waals surface area contributed by atoms with Crippen molar-refractivity contribution in [2.45, 2.75) is 32.0 Å². The molecule has 1 aliphatic rings. The van der Waals surface area contributed by atoms with E-state index >= 15 is 0 Å². The number of rotatable bonds is 4. The lowest BCUT2D eigenvalue weighted by Crippen LogP contribution is -2.38. The third-order valence-corrected chi connectivity index (χ3v) is 3.59. The molecule has 2 nitrogen and oxygen atoms in total. The Kier molecular flexibility index (Phi) is 5.05. The van der Waals surface area contributed by atoms with E-state index in [1.165, 1.54) is 12.1 Å². The van der Waals surface area contributed by atoms with E-state index in [0.29, 0.717) is 6.61 Å². The van der Waals surface area contributed by atoms with Crippen molar-refractivity contribution >= 4 is 0 Å². The fourth-order valence-electron chi connectivity index (χ4n) is 2.38. The molecule has 1 heterocycles. The molecule has 20 heavy (non-hydrogen) atoms. The van der Waals surface area contributed by atoms with Crippen LogP contribution in [0.3, 0.4) is 0 Å². The molecule has 1 aliphatic heterocycles. The summed E-state index contributed by atoms with van der Waals surface area (Å²) in [5.41, 5.74) is 0.207. The second-order valence-electron chi connectivity index (χ2n) is 5.13. The summed E-state index contributed by atoms with van der Waals surface area (Å²) in [6.07, 6.45) is -2.12. The van der Waals surface area contributed by atoms with Gasteiger partial charge < -0.3 is 4.74 Å². The lowest BCUT2D eigenvalue weighted by atomic mass is 10.0. The quantitative estimate of drug-likeness (QED) is 0.833. The van der Waals surface area contributed by atoms with E-state index in [0.717, 1.165) is 50.2 Å². The largest absolute Gasteiger partial charge is 0.416 e. The molecule has 0 saturated carbocycles. The highest BCUT2D eigenvalue weighted by Gasteiger charge is 2.30. The van der Waals surface area contributed by atoms with Gasteiger partial charge in [-0.1, -0.05) is 25.5 Å². The van der Waals surface area contributed by atoms with Crippen LogP contribution >= 0.6 is 0 Å². The van der Waals surface area contributed by atoms with Crippen LogP contribution in [-0.4, -0.2) is 31.1 Å². The average Bonchev–Trinajstić information content (AvgIpc) is 2.45. The topological polar surface area (TPSA) is 12.5 Å².